The number of ether oxygens (including phenoxy) is 1. The van der Waals surface area contributed by atoms with Crippen molar-refractivity contribution in [3.05, 3.63) is 0 Å². The molecule has 1 amide bonds. The smallest absolute Gasteiger partial charge is 0.226 e. The van der Waals surface area contributed by atoms with Crippen LogP contribution in [-0.2, 0) is 9.53 Å². The zero-order valence-corrected chi connectivity index (χ0v) is 14.3. The quantitative estimate of drug-likeness (QED) is 0.747. The molecule has 20 heavy (non-hydrogen) atoms. The normalized spacial score (nSPS) is 23.6. The molecule has 0 aromatic carbocycles. The highest BCUT2D eigenvalue weighted by atomic mass is 16.5. The molecule has 1 unspecified atom stereocenters. The molecule has 0 spiro atoms. The third kappa shape index (κ3) is 3.97. The fourth-order valence-electron chi connectivity index (χ4n) is 3.73. The van der Waals surface area contributed by atoms with Crippen molar-refractivity contribution in [2.45, 2.75) is 54.0 Å². The Bertz CT molecular complexity index is 304. The Morgan fingerprint density at radius 3 is 2.10 bits per heavy atom. The summed E-state index contributed by atoms with van der Waals surface area (Å²) >= 11 is 0. The molecule has 1 heterocycles. The molecule has 0 N–H and O–H groups in total. The number of carbonyl (C=O) groups excluding carboxylic acids is 1. The molecule has 1 aliphatic heterocycles. The molecule has 0 saturated carbocycles. The van der Waals surface area contributed by atoms with Crippen LogP contribution in [0.4, 0.5) is 0 Å². The van der Waals surface area contributed by atoms with Crippen molar-refractivity contribution < 1.29 is 9.53 Å². The van der Waals surface area contributed by atoms with Crippen LogP contribution >= 0.6 is 0 Å². The van der Waals surface area contributed by atoms with Gasteiger partial charge in [0.1, 0.15) is 0 Å². The lowest BCUT2D eigenvalue weighted by Crippen LogP contribution is -2.45. The van der Waals surface area contributed by atoms with Crippen LogP contribution in [0.5, 0.6) is 0 Å². The average Bonchev–Trinajstić information content (AvgIpc) is 2.72. The first kappa shape index (κ1) is 17.5. The summed E-state index contributed by atoms with van der Waals surface area (Å²) in [5.74, 6) is 2.30. The Labute approximate surface area is 125 Å². The Hall–Kier alpha value is -0.570. The number of hydrogen-bond donors (Lipinski definition) is 0. The first-order valence-corrected chi connectivity index (χ1v) is 8.08. The minimum absolute atomic E-state index is 0.137. The zero-order valence-electron chi connectivity index (χ0n) is 14.3. The molecule has 0 bridgehead atoms. The van der Waals surface area contributed by atoms with E-state index in [1.807, 2.05) is 0 Å². The van der Waals surface area contributed by atoms with E-state index in [9.17, 15) is 4.79 Å². The molecule has 1 saturated heterocycles. The van der Waals surface area contributed by atoms with Crippen molar-refractivity contribution in [3.8, 4) is 0 Å². The molecule has 0 aliphatic carbocycles. The Balaban J connectivity index is 2.87. The van der Waals surface area contributed by atoms with E-state index in [-0.39, 0.29) is 5.92 Å². The second-order valence-electron chi connectivity index (χ2n) is 7.37. The first-order chi connectivity index (χ1) is 9.29. The lowest BCUT2D eigenvalue weighted by Gasteiger charge is -2.34. The van der Waals surface area contributed by atoms with Crippen molar-refractivity contribution in [1.82, 2.24) is 4.90 Å². The average molecular weight is 283 g/mol. The highest BCUT2D eigenvalue weighted by Crippen LogP contribution is 2.33. The van der Waals surface area contributed by atoms with Gasteiger partial charge in [0.2, 0.25) is 5.91 Å². The van der Waals surface area contributed by atoms with Gasteiger partial charge in [-0.1, -0.05) is 41.5 Å². The van der Waals surface area contributed by atoms with Crippen LogP contribution in [0.15, 0.2) is 0 Å². The van der Waals surface area contributed by atoms with E-state index < -0.39 is 0 Å². The molecule has 118 valence electrons. The second kappa shape index (κ2) is 7.44. The molecule has 3 nitrogen and oxygen atoms in total. The number of nitrogens with zero attached hydrogens (tertiary/aromatic N) is 1. The van der Waals surface area contributed by atoms with Gasteiger partial charge in [-0.25, -0.2) is 0 Å². The highest BCUT2D eigenvalue weighted by molar-refractivity contribution is 5.80. The maximum Gasteiger partial charge on any atom is 0.226 e. The molecule has 1 rings (SSSR count). The van der Waals surface area contributed by atoms with E-state index in [2.05, 4.69) is 46.4 Å². The number of rotatable bonds is 6. The lowest BCUT2D eigenvalue weighted by molar-refractivity contribution is -0.140. The predicted molar refractivity (Wildman–Crippen MR) is 83.5 cm³/mol. The predicted octanol–water partition coefficient (Wildman–Crippen LogP) is 3.43. The summed E-state index contributed by atoms with van der Waals surface area (Å²) in [6.07, 6.45) is 1.08. The maximum atomic E-state index is 13.0. The fraction of sp³-hybridized carbons (Fsp3) is 0.941. The summed E-state index contributed by atoms with van der Waals surface area (Å²) in [6, 6.07) is 0.377. The van der Waals surface area contributed by atoms with E-state index in [4.69, 9.17) is 4.74 Å². The molecule has 1 aliphatic rings. The number of methoxy groups -OCH3 is 1. The molecular weight excluding hydrogens is 250 g/mol. The Morgan fingerprint density at radius 2 is 1.70 bits per heavy atom. The van der Waals surface area contributed by atoms with Crippen LogP contribution in [0.1, 0.15) is 48.0 Å². The van der Waals surface area contributed by atoms with Gasteiger partial charge in [-0.2, -0.15) is 0 Å². The van der Waals surface area contributed by atoms with Gasteiger partial charge >= 0.3 is 0 Å². The summed E-state index contributed by atoms with van der Waals surface area (Å²) in [5, 5.41) is 0. The van der Waals surface area contributed by atoms with Gasteiger partial charge in [-0.05, 0) is 24.2 Å². The summed E-state index contributed by atoms with van der Waals surface area (Å²) in [7, 11) is 1.75. The Kier molecular flexibility index (Phi) is 6.50. The highest BCUT2D eigenvalue weighted by Gasteiger charge is 2.40. The molecule has 1 fully saturated rings. The number of likely N-dealkylation sites (tertiary alicyclic amines) is 1. The monoisotopic (exact) mass is 283 g/mol. The zero-order chi connectivity index (χ0) is 15.4. The fourth-order valence-corrected chi connectivity index (χ4v) is 3.73. The molecule has 0 aromatic heterocycles. The lowest BCUT2D eigenvalue weighted by atomic mass is 9.84. The third-order valence-corrected chi connectivity index (χ3v) is 4.61. The van der Waals surface area contributed by atoms with E-state index in [1.165, 1.54) is 0 Å². The van der Waals surface area contributed by atoms with Crippen LogP contribution in [0.2, 0.25) is 0 Å². The van der Waals surface area contributed by atoms with Crippen molar-refractivity contribution in [3.63, 3.8) is 0 Å². The minimum atomic E-state index is 0.137. The van der Waals surface area contributed by atoms with Gasteiger partial charge in [0.05, 0.1) is 6.61 Å². The first-order valence-electron chi connectivity index (χ1n) is 8.08. The van der Waals surface area contributed by atoms with Gasteiger partial charge < -0.3 is 9.64 Å². The summed E-state index contributed by atoms with van der Waals surface area (Å²) in [6.45, 7) is 14.7. The van der Waals surface area contributed by atoms with Crippen LogP contribution in [-0.4, -0.2) is 37.1 Å². The Morgan fingerprint density at radius 1 is 1.15 bits per heavy atom. The van der Waals surface area contributed by atoms with Gasteiger partial charge in [-0.15, -0.1) is 0 Å². The van der Waals surface area contributed by atoms with Crippen LogP contribution in [0.3, 0.4) is 0 Å². The van der Waals surface area contributed by atoms with Gasteiger partial charge in [0.15, 0.2) is 0 Å². The van der Waals surface area contributed by atoms with Crippen LogP contribution < -0.4 is 0 Å². The van der Waals surface area contributed by atoms with Gasteiger partial charge in [0.25, 0.3) is 0 Å². The SMILES string of the molecule is COCC1C[C@@H](C(C)C)N(C(=O)C(C(C)C)C(C)C)C1. The van der Waals surface area contributed by atoms with Crippen molar-refractivity contribution >= 4 is 5.91 Å². The van der Waals surface area contributed by atoms with Gasteiger partial charge in [-0.3, -0.25) is 4.79 Å². The van der Waals surface area contributed by atoms with E-state index in [1.54, 1.807) is 7.11 Å². The van der Waals surface area contributed by atoms with E-state index in [0.717, 1.165) is 19.6 Å². The van der Waals surface area contributed by atoms with Crippen LogP contribution in [0.25, 0.3) is 0 Å². The largest absolute Gasteiger partial charge is 0.384 e. The van der Waals surface area contributed by atoms with Gasteiger partial charge in [0, 0.05) is 31.5 Å². The minimum Gasteiger partial charge on any atom is -0.384 e. The molecular formula is C17H33NO2. The van der Waals surface area contributed by atoms with E-state index >= 15 is 0 Å². The summed E-state index contributed by atoms with van der Waals surface area (Å²) < 4.78 is 5.30. The summed E-state index contributed by atoms with van der Waals surface area (Å²) in [4.78, 5) is 15.1. The standard InChI is InChI=1S/C17H33NO2/c1-11(2)15-8-14(10-20-7)9-18(15)17(19)16(12(3)4)13(5)6/h11-16H,8-10H2,1-7H3/t14?,15-/m0/s1. The molecule has 0 radical (unpaired) electrons. The van der Waals surface area contributed by atoms with Crippen molar-refractivity contribution in [2.24, 2.45) is 29.6 Å². The van der Waals surface area contributed by atoms with E-state index in [0.29, 0.717) is 35.6 Å². The maximum absolute atomic E-state index is 13.0. The van der Waals surface area contributed by atoms with Crippen molar-refractivity contribution in [1.29, 1.82) is 0 Å². The number of amides is 1. The molecule has 2 atom stereocenters. The second-order valence-corrected chi connectivity index (χ2v) is 7.37. The molecule has 3 heteroatoms. The van der Waals surface area contributed by atoms with Crippen molar-refractivity contribution in [2.75, 3.05) is 20.3 Å². The number of carbonyl (C=O) groups is 1. The number of hydrogen-bond acceptors (Lipinski definition) is 2. The third-order valence-electron chi connectivity index (χ3n) is 4.61. The summed E-state index contributed by atoms with van der Waals surface area (Å²) in [5.41, 5.74) is 0. The van der Waals surface area contributed by atoms with Crippen LogP contribution in [0, 0.1) is 29.6 Å². The molecule has 0 aromatic rings. The topological polar surface area (TPSA) is 29.5 Å².